The van der Waals surface area contributed by atoms with Crippen molar-refractivity contribution in [2.75, 3.05) is 5.32 Å². The van der Waals surface area contributed by atoms with E-state index in [2.05, 4.69) is 5.32 Å². The molecule has 1 aromatic rings. The first-order valence-corrected chi connectivity index (χ1v) is 7.02. The molecule has 0 aromatic heterocycles. The van der Waals surface area contributed by atoms with E-state index in [9.17, 15) is 13.2 Å². The number of benzene rings is 1. The van der Waals surface area contributed by atoms with E-state index in [1.165, 1.54) is 6.92 Å². The molecule has 0 heterocycles. The third kappa shape index (κ3) is 2.54. The van der Waals surface area contributed by atoms with Gasteiger partial charge in [0.1, 0.15) is 0 Å². The Bertz CT molecular complexity index is 590. The van der Waals surface area contributed by atoms with Gasteiger partial charge >= 0.3 is 0 Å². The van der Waals surface area contributed by atoms with Gasteiger partial charge in [-0.2, -0.15) is 0 Å². The zero-order chi connectivity index (χ0) is 14.2. The van der Waals surface area contributed by atoms with Gasteiger partial charge in [0.05, 0.1) is 4.90 Å². The molecule has 0 spiro atoms. The minimum absolute atomic E-state index is 0.145. The first-order chi connectivity index (χ1) is 8.07. The second kappa shape index (κ2) is 4.70. The summed E-state index contributed by atoms with van der Waals surface area (Å²) in [6.07, 6.45) is 0. The van der Waals surface area contributed by atoms with Gasteiger partial charge in [-0.15, -0.1) is 0 Å². The maximum absolute atomic E-state index is 11.6. The second-order valence-corrected chi connectivity index (χ2v) is 5.93. The second-order valence-electron chi connectivity index (χ2n) is 4.43. The number of rotatable bonds is 2. The van der Waals surface area contributed by atoms with Crippen LogP contribution < -0.4 is 10.5 Å². The Labute approximate surface area is 107 Å². The van der Waals surface area contributed by atoms with Crippen LogP contribution in [0.3, 0.4) is 0 Å². The van der Waals surface area contributed by atoms with Crippen LogP contribution in [0, 0.1) is 27.7 Å². The summed E-state index contributed by atoms with van der Waals surface area (Å²) >= 11 is 0. The van der Waals surface area contributed by atoms with Gasteiger partial charge in [0.2, 0.25) is 15.9 Å². The average Bonchev–Trinajstić information content (AvgIpc) is 2.19. The number of nitrogens with two attached hydrogens (primary N) is 1. The average molecular weight is 270 g/mol. The Balaban J connectivity index is 3.72. The Morgan fingerprint density at radius 2 is 1.39 bits per heavy atom. The quantitative estimate of drug-likeness (QED) is 0.854. The summed E-state index contributed by atoms with van der Waals surface area (Å²) in [6, 6.07) is 0. The fraction of sp³-hybridized carbons (Fsp3) is 0.417. The molecule has 6 heteroatoms. The highest BCUT2D eigenvalue weighted by atomic mass is 32.2. The smallest absolute Gasteiger partial charge is 0.238 e. The van der Waals surface area contributed by atoms with Crippen molar-refractivity contribution in [1.82, 2.24) is 0 Å². The fourth-order valence-corrected chi connectivity index (χ4v) is 3.23. The van der Waals surface area contributed by atoms with Gasteiger partial charge in [0.25, 0.3) is 0 Å². The van der Waals surface area contributed by atoms with Crippen LogP contribution in [0.5, 0.6) is 0 Å². The molecule has 5 nitrogen and oxygen atoms in total. The molecule has 0 atom stereocenters. The lowest BCUT2D eigenvalue weighted by molar-refractivity contribution is -0.114. The van der Waals surface area contributed by atoms with Gasteiger partial charge < -0.3 is 5.32 Å². The Morgan fingerprint density at radius 3 is 1.67 bits per heavy atom. The number of carbonyl (C=O) groups excluding carboxylic acids is 1. The van der Waals surface area contributed by atoms with Crippen LogP contribution in [0.25, 0.3) is 0 Å². The molecular formula is C12H18N2O3S. The van der Waals surface area contributed by atoms with Gasteiger partial charge in [-0.1, -0.05) is 0 Å². The van der Waals surface area contributed by atoms with E-state index in [1.54, 1.807) is 27.7 Å². The van der Waals surface area contributed by atoms with Crippen LogP contribution >= 0.6 is 0 Å². The predicted molar refractivity (Wildman–Crippen MR) is 71.1 cm³/mol. The normalized spacial score (nSPS) is 11.4. The van der Waals surface area contributed by atoms with E-state index in [4.69, 9.17) is 5.14 Å². The van der Waals surface area contributed by atoms with Crippen molar-refractivity contribution >= 4 is 21.6 Å². The summed E-state index contributed by atoms with van der Waals surface area (Å²) in [6.45, 7) is 8.32. The summed E-state index contributed by atoms with van der Waals surface area (Å²) in [5, 5.41) is 7.96. The van der Waals surface area contributed by atoms with E-state index in [0.717, 1.165) is 11.1 Å². The molecule has 0 aliphatic heterocycles. The summed E-state index contributed by atoms with van der Waals surface area (Å²) in [5.41, 5.74) is 3.24. The lowest BCUT2D eigenvalue weighted by atomic mass is 9.98. The van der Waals surface area contributed by atoms with E-state index in [-0.39, 0.29) is 10.8 Å². The molecule has 0 saturated carbocycles. The minimum atomic E-state index is -3.77. The van der Waals surface area contributed by atoms with E-state index < -0.39 is 10.0 Å². The number of amides is 1. The molecule has 1 aromatic carbocycles. The van der Waals surface area contributed by atoms with Gasteiger partial charge in [-0.3, -0.25) is 4.79 Å². The Kier molecular flexibility index (Phi) is 3.83. The Morgan fingerprint density at radius 1 is 1.00 bits per heavy atom. The van der Waals surface area contributed by atoms with Crippen LogP contribution in [0.15, 0.2) is 4.90 Å². The minimum Gasteiger partial charge on any atom is -0.326 e. The highest BCUT2D eigenvalue weighted by Gasteiger charge is 2.21. The largest absolute Gasteiger partial charge is 0.326 e. The van der Waals surface area contributed by atoms with Crippen LogP contribution in [-0.4, -0.2) is 14.3 Å². The topological polar surface area (TPSA) is 89.3 Å². The standard InChI is InChI=1S/C12H18N2O3S/c1-6-8(3)12(18(13,16)17)9(4)7(2)11(6)14-10(5)15/h1-5H3,(H,14,15)(H2,13,16,17). The van der Waals surface area contributed by atoms with Crippen molar-refractivity contribution in [1.29, 1.82) is 0 Å². The molecule has 0 saturated heterocycles. The molecule has 0 aliphatic carbocycles. The van der Waals surface area contributed by atoms with Crippen molar-refractivity contribution < 1.29 is 13.2 Å². The molecule has 0 unspecified atom stereocenters. The first-order valence-electron chi connectivity index (χ1n) is 5.48. The van der Waals surface area contributed by atoms with E-state index in [1.807, 2.05) is 0 Å². The zero-order valence-electron chi connectivity index (χ0n) is 11.2. The number of sulfonamides is 1. The molecule has 100 valence electrons. The highest BCUT2D eigenvalue weighted by Crippen LogP contribution is 2.32. The molecule has 0 fully saturated rings. The highest BCUT2D eigenvalue weighted by molar-refractivity contribution is 7.89. The van der Waals surface area contributed by atoms with Gasteiger partial charge in [0.15, 0.2) is 0 Å². The number of hydrogen-bond donors (Lipinski definition) is 2. The summed E-state index contributed by atoms with van der Waals surface area (Å²) < 4.78 is 23.2. The van der Waals surface area contributed by atoms with Crippen LogP contribution in [0.1, 0.15) is 29.2 Å². The number of hydrogen-bond acceptors (Lipinski definition) is 3. The van der Waals surface area contributed by atoms with Gasteiger partial charge in [-0.05, 0) is 49.9 Å². The predicted octanol–water partition coefficient (Wildman–Crippen LogP) is 1.53. The molecular weight excluding hydrogens is 252 g/mol. The van der Waals surface area contributed by atoms with Crippen molar-refractivity contribution in [2.24, 2.45) is 5.14 Å². The third-order valence-electron chi connectivity index (χ3n) is 3.14. The summed E-state index contributed by atoms with van der Waals surface area (Å²) in [7, 11) is -3.77. The molecule has 3 N–H and O–H groups in total. The Hall–Kier alpha value is -1.40. The van der Waals surface area contributed by atoms with Crippen molar-refractivity contribution in [3.8, 4) is 0 Å². The first kappa shape index (κ1) is 14.7. The number of primary sulfonamides is 1. The molecule has 1 rings (SSSR count). The fourth-order valence-electron chi connectivity index (χ4n) is 2.07. The summed E-state index contributed by atoms with van der Waals surface area (Å²) in [4.78, 5) is 11.3. The molecule has 18 heavy (non-hydrogen) atoms. The molecule has 0 bridgehead atoms. The third-order valence-corrected chi connectivity index (χ3v) is 4.32. The molecule has 0 aliphatic rings. The number of nitrogens with one attached hydrogen (secondary N) is 1. The van der Waals surface area contributed by atoms with Gasteiger partial charge in [-0.25, -0.2) is 13.6 Å². The van der Waals surface area contributed by atoms with Gasteiger partial charge in [0, 0.05) is 12.6 Å². The van der Waals surface area contributed by atoms with Crippen molar-refractivity contribution in [2.45, 2.75) is 39.5 Å². The lowest BCUT2D eigenvalue weighted by Gasteiger charge is -2.19. The number of anilines is 1. The molecule has 0 radical (unpaired) electrons. The monoisotopic (exact) mass is 270 g/mol. The molecule has 1 amide bonds. The van der Waals surface area contributed by atoms with Crippen LogP contribution in [-0.2, 0) is 14.8 Å². The van der Waals surface area contributed by atoms with Crippen molar-refractivity contribution in [3.63, 3.8) is 0 Å². The maximum Gasteiger partial charge on any atom is 0.238 e. The zero-order valence-corrected chi connectivity index (χ0v) is 12.0. The maximum atomic E-state index is 11.6. The van der Waals surface area contributed by atoms with E-state index in [0.29, 0.717) is 16.8 Å². The SMILES string of the molecule is CC(=O)Nc1c(C)c(C)c(S(N)(=O)=O)c(C)c1C. The van der Waals surface area contributed by atoms with E-state index >= 15 is 0 Å². The van der Waals surface area contributed by atoms with Crippen LogP contribution in [0.2, 0.25) is 0 Å². The lowest BCUT2D eigenvalue weighted by Crippen LogP contribution is -2.19. The van der Waals surface area contributed by atoms with Crippen LogP contribution in [0.4, 0.5) is 5.69 Å². The van der Waals surface area contributed by atoms with Crippen molar-refractivity contribution in [3.05, 3.63) is 22.3 Å². The summed E-state index contributed by atoms with van der Waals surface area (Å²) in [5.74, 6) is -0.191. The number of carbonyl (C=O) groups is 1.